The van der Waals surface area contributed by atoms with Gasteiger partial charge in [-0.25, -0.2) is 4.79 Å². The first kappa shape index (κ1) is 34.2. The van der Waals surface area contributed by atoms with Crippen LogP contribution in [0.3, 0.4) is 0 Å². The van der Waals surface area contributed by atoms with Gasteiger partial charge in [0.05, 0.1) is 0 Å². The summed E-state index contributed by atoms with van der Waals surface area (Å²) in [5.74, 6) is 4.64. The fourth-order valence-corrected chi connectivity index (χ4v) is 20.0. The zero-order chi connectivity index (χ0) is 43.0. The number of fused-ring (bicyclic) bond motifs is 25. The summed E-state index contributed by atoms with van der Waals surface area (Å²) in [5, 5.41) is 5.34. The quantitative estimate of drug-likeness (QED) is 0.140. The van der Waals surface area contributed by atoms with Crippen LogP contribution in [0.2, 0.25) is 0 Å². The van der Waals surface area contributed by atoms with Crippen LogP contribution in [0.5, 0.6) is 0 Å². The molecule has 10 aliphatic rings. The zero-order valence-corrected chi connectivity index (χ0v) is 37.9. The molecule has 0 N–H and O–H groups in total. The van der Waals surface area contributed by atoms with Gasteiger partial charge in [0.25, 0.3) is 0 Å². The predicted molar refractivity (Wildman–Crippen MR) is 272 cm³/mol. The maximum absolute atomic E-state index is 17.0. The Morgan fingerprint density at radius 1 is 0.537 bits per heavy atom. The summed E-state index contributed by atoms with van der Waals surface area (Å²) in [6.07, 6.45) is 11.4. The summed E-state index contributed by atoms with van der Waals surface area (Å²) in [6, 6.07) is 35.5. The topological polar surface area (TPSA) is 40.7 Å². The van der Waals surface area contributed by atoms with Crippen molar-refractivity contribution >= 4 is 90.5 Å². The van der Waals surface area contributed by atoms with Crippen LogP contribution in [0, 0.1) is 29.1 Å². The van der Waals surface area contributed by atoms with Crippen LogP contribution < -0.4 is 27.5 Å². The molecule has 10 aromatic rings. The van der Waals surface area contributed by atoms with Gasteiger partial charge in [0, 0.05) is 83.6 Å². The van der Waals surface area contributed by atoms with Crippen molar-refractivity contribution in [1.29, 1.82) is 0 Å². The molecule has 67 heavy (non-hydrogen) atoms. The minimum absolute atomic E-state index is 0.0381. The SMILES string of the molecule is CC1CC2CC(C)c3c4c5n6c7c(c8c(n7c(=O)n5c3C(C1)C2)C1CC2CC3CC8CC32C1)B1c2c(cc3c(c2-6)B4n2c4ccccc4c4cccc-3c42)-c2cccc3c4ccccc4n1c23. The Morgan fingerprint density at radius 2 is 1.12 bits per heavy atom. The van der Waals surface area contributed by atoms with E-state index in [1.807, 2.05) is 0 Å². The highest BCUT2D eigenvalue weighted by Gasteiger charge is 2.67. The number of hydrogen-bond donors (Lipinski definition) is 0. The van der Waals surface area contributed by atoms with Gasteiger partial charge in [-0.1, -0.05) is 86.6 Å². The molecule has 4 aliphatic heterocycles. The molecule has 5 aromatic heterocycles. The van der Waals surface area contributed by atoms with Crippen molar-refractivity contribution in [3.05, 3.63) is 124 Å². The first-order chi connectivity index (χ1) is 33.0. The monoisotopic (exact) mass is 863 g/mol. The largest absolute Gasteiger partial charge is 0.375 e. The van der Waals surface area contributed by atoms with E-state index in [1.165, 1.54) is 173 Å². The lowest BCUT2D eigenvalue weighted by Gasteiger charge is -2.48. The highest BCUT2D eigenvalue weighted by Crippen LogP contribution is 2.76. The molecule has 9 unspecified atom stereocenters. The highest BCUT2D eigenvalue weighted by molar-refractivity contribution is 6.94. The summed E-state index contributed by atoms with van der Waals surface area (Å²) < 4.78 is 13.3. The molecular weight excluding hydrogens is 816 g/mol. The third kappa shape index (κ3) is 3.32. The molecule has 320 valence electrons. The van der Waals surface area contributed by atoms with E-state index >= 15 is 4.79 Å². The number of aromatic nitrogens is 5. The van der Waals surface area contributed by atoms with Crippen LogP contribution in [0.15, 0.2) is 95.8 Å². The Balaban J connectivity index is 1.08. The number of benzene rings is 5. The van der Waals surface area contributed by atoms with E-state index in [9.17, 15) is 0 Å². The second kappa shape index (κ2) is 10.5. The smallest absolute Gasteiger partial charge is 0.340 e. The second-order valence-electron chi connectivity index (χ2n) is 24.1. The average Bonchev–Trinajstić information content (AvgIpc) is 4.15. The Labute approximate surface area is 387 Å². The molecule has 5 aromatic carbocycles. The van der Waals surface area contributed by atoms with E-state index in [1.54, 1.807) is 5.56 Å². The molecule has 8 heteroatoms. The molecule has 0 radical (unpaired) electrons. The maximum Gasteiger partial charge on any atom is 0.340 e. The number of hydrogen-bond acceptors (Lipinski definition) is 1. The standard InChI is InChI=1S/C59H47B2N5O/c1-27-17-29-19-28(2)45-49-56-62-55-47-41(39-13-7-11-37-35-9-3-5-15-43(35)65(53(37)39)60(47)49)24-42-40-14-8-12-38-36-10-4-6-16-44(36)66(54(38)40)61(48(42)55)50-46-31-21-33-23-34-22-32(26-59(33,34)25-31)52(46)64(57(50)62)58(67)63(56)51(45)30(18-27)20-29/h3-16,24,27-34H,17-23,25-26H2,1-2H3. The molecule has 5 bridgehead atoms. The molecule has 0 amide bonds. The molecule has 6 aliphatic carbocycles. The highest BCUT2D eigenvalue weighted by atomic mass is 16.1. The molecule has 4 saturated carbocycles. The Hall–Kier alpha value is -6.14. The van der Waals surface area contributed by atoms with Gasteiger partial charge in [-0.3, -0.25) is 13.4 Å². The van der Waals surface area contributed by atoms with Gasteiger partial charge >= 0.3 is 19.4 Å². The van der Waals surface area contributed by atoms with Crippen LogP contribution in [0.1, 0.15) is 118 Å². The maximum atomic E-state index is 17.0. The molecule has 0 saturated heterocycles. The molecule has 9 heterocycles. The van der Waals surface area contributed by atoms with Gasteiger partial charge in [0.15, 0.2) is 0 Å². The van der Waals surface area contributed by atoms with Crippen LogP contribution in [-0.2, 0) is 0 Å². The predicted octanol–water partition coefficient (Wildman–Crippen LogP) is 9.87. The lowest BCUT2D eigenvalue weighted by Crippen LogP contribution is -2.64. The fraction of sp³-hybridized carbons (Fsp3) is 0.339. The van der Waals surface area contributed by atoms with E-state index in [2.05, 4.69) is 127 Å². The first-order valence-corrected chi connectivity index (χ1v) is 26.1. The van der Waals surface area contributed by atoms with Gasteiger partial charge in [-0.2, -0.15) is 0 Å². The van der Waals surface area contributed by atoms with Crippen molar-refractivity contribution in [3.63, 3.8) is 0 Å². The lowest BCUT2D eigenvalue weighted by molar-refractivity contribution is 0.00321. The molecular formula is C59H47B2N5O. The first-order valence-electron chi connectivity index (χ1n) is 26.1. The third-order valence-electron chi connectivity index (χ3n) is 21.6. The number of para-hydroxylation sites is 4. The summed E-state index contributed by atoms with van der Waals surface area (Å²) in [7, 11) is 0. The van der Waals surface area contributed by atoms with E-state index in [-0.39, 0.29) is 19.4 Å². The number of rotatable bonds is 0. The number of nitrogens with zero attached hydrogens (tertiary/aromatic N) is 5. The normalized spacial score (nSPS) is 29.8. The van der Waals surface area contributed by atoms with Gasteiger partial charge < -0.3 is 8.96 Å². The zero-order valence-electron chi connectivity index (χ0n) is 37.9. The van der Waals surface area contributed by atoms with Crippen molar-refractivity contribution in [3.8, 4) is 27.9 Å². The van der Waals surface area contributed by atoms with Crippen molar-refractivity contribution in [2.75, 3.05) is 0 Å². The van der Waals surface area contributed by atoms with E-state index in [4.69, 9.17) is 0 Å². The van der Waals surface area contributed by atoms with Crippen molar-refractivity contribution in [1.82, 2.24) is 22.3 Å². The van der Waals surface area contributed by atoms with Gasteiger partial charge in [-0.05, 0) is 161 Å². The summed E-state index contributed by atoms with van der Waals surface area (Å²) in [6.45, 7) is 4.95. The van der Waals surface area contributed by atoms with Crippen LogP contribution in [-0.4, -0.2) is 36.0 Å². The third-order valence-corrected chi connectivity index (χ3v) is 21.6. The van der Waals surface area contributed by atoms with E-state index < -0.39 is 0 Å². The van der Waals surface area contributed by atoms with Crippen LogP contribution >= 0.6 is 0 Å². The summed E-state index contributed by atoms with van der Waals surface area (Å²) in [5.41, 5.74) is 27.0. The molecule has 1 spiro atoms. The average molecular weight is 864 g/mol. The second-order valence-corrected chi connectivity index (χ2v) is 24.1. The van der Waals surface area contributed by atoms with Gasteiger partial charge in [0.1, 0.15) is 11.3 Å². The Bertz CT molecular complexity index is 4250. The minimum Gasteiger partial charge on any atom is -0.375 e. The van der Waals surface area contributed by atoms with Crippen molar-refractivity contribution in [2.24, 2.45) is 29.1 Å². The molecule has 6 nitrogen and oxygen atoms in total. The van der Waals surface area contributed by atoms with E-state index in [0.717, 1.165) is 18.3 Å². The molecule has 20 rings (SSSR count). The van der Waals surface area contributed by atoms with Gasteiger partial charge in [0.2, 0.25) is 0 Å². The molecule has 4 fully saturated rings. The van der Waals surface area contributed by atoms with Crippen LogP contribution in [0.4, 0.5) is 0 Å². The Morgan fingerprint density at radius 3 is 1.79 bits per heavy atom. The summed E-state index contributed by atoms with van der Waals surface area (Å²) >= 11 is 0. The van der Waals surface area contributed by atoms with Crippen LogP contribution in [0.25, 0.3) is 82.8 Å². The van der Waals surface area contributed by atoms with Crippen molar-refractivity contribution < 1.29 is 0 Å². The summed E-state index contributed by atoms with van der Waals surface area (Å²) in [4.78, 5) is 17.0. The Kier molecular flexibility index (Phi) is 5.33. The van der Waals surface area contributed by atoms with Crippen molar-refractivity contribution in [2.45, 2.75) is 95.3 Å². The van der Waals surface area contributed by atoms with E-state index in [0.29, 0.717) is 40.9 Å². The fourth-order valence-electron chi connectivity index (χ4n) is 20.0. The lowest BCUT2D eigenvalue weighted by atomic mass is 9.39. The molecule has 9 atom stereocenters. The minimum atomic E-state index is -0.0583. The van der Waals surface area contributed by atoms with Gasteiger partial charge in [-0.15, -0.1) is 0 Å².